The van der Waals surface area contributed by atoms with Crippen LogP contribution in [0.15, 0.2) is 47.6 Å². The smallest absolute Gasteiger partial charge is 0.339 e. The first kappa shape index (κ1) is 19.2. The summed E-state index contributed by atoms with van der Waals surface area (Å²) in [6.07, 6.45) is 2.89. The van der Waals surface area contributed by atoms with Gasteiger partial charge in [-0.25, -0.2) is 9.80 Å². The van der Waals surface area contributed by atoms with E-state index in [9.17, 15) is 9.59 Å². The third-order valence-electron chi connectivity index (χ3n) is 5.19. The number of ether oxygens (including phenoxy) is 2. The number of rotatable bonds is 7. The molecule has 0 bridgehead atoms. The molecular formula is C23H24N2O4. The molecule has 0 aliphatic carbocycles. The molecule has 2 aromatic carbocycles. The minimum absolute atomic E-state index is 0.122. The zero-order valence-electron chi connectivity index (χ0n) is 16.7. The maximum atomic E-state index is 12.6. The van der Waals surface area contributed by atoms with Crippen LogP contribution in [0.5, 0.6) is 5.75 Å². The van der Waals surface area contributed by atoms with Crippen molar-refractivity contribution in [1.82, 2.24) is 0 Å². The van der Waals surface area contributed by atoms with Crippen molar-refractivity contribution in [3.8, 4) is 5.75 Å². The molecule has 0 spiro atoms. The third kappa shape index (κ3) is 3.75. The highest BCUT2D eigenvalue weighted by Gasteiger charge is 2.33. The summed E-state index contributed by atoms with van der Waals surface area (Å²) in [5.41, 5.74) is 3.59. The summed E-state index contributed by atoms with van der Waals surface area (Å²) >= 11 is 0. The molecule has 2 aromatic rings. The van der Waals surface area contributed by atoms with Gasteiger partial charge in [0, 0.05) is 5.56 Å². The van der Waals surface area contributed by atoms with Gasteiger partial charge in [0.2, 0.25) is 0 Å². The molecule has 0 saturated heterocycles. The second kappa shape index (κ2) is 8.07. The predicted octanol–water partition coefficient (Wildman–Crippen LogP) is 4.63. The normalized spacial score (nSPS) is 17.9. The van der Waals surface area contributed by atoms with Crippen molar-refractivity contribution in [3.63, 3.8) is 0 Å². The van der Waals surface area contributed by atoms with Crippen molar-refractivity contribution in [2.45, 2.75) is 45.6 Å². The Balaban J connectivity index is 1.58. The Morgan fingerprint density at radius 2 is 1.93 bits per heavy atom. The van der Waals surface area contributed by atoms with Gasteiger partial charge in [-0.05, 0) is 61.7 Å². The maximum absolute atomic E-state index is 12.6. The lowest BCUT2D eigenvalue weighted by Crippen LogP contribution is -2.19. The molecule has 2 heterocycles. The van der Waals surface area contributed by atoms with Crippen molar-refractivity contribution in [2.75, 3.05) is 11.6 Å². The van der Waals surface area contributed by atoms with E-state index in [1.165, 1.54) is 5.01 Å². The number of nitrogens with zero attached hydrogens (tertiary/aromatic N) is 2. The Labute approximate surface area is 170 Å². The molecule has 4 rings (SSSR count). The van der Waals surface area contributed by atoms with Gasteiger partial charge in [0.05, 0.1) is 30.0 Å². The predicted molar refractivity (Wildman–Crippen MR) is 110 cm³/mol. The fraction of sp³-hybridized carbons (Fsp3) is 0.348. The van der Waals surface area contributed by atoms with Crippen LogP contribution in [0.4, 0.5) is 5.69 Å². The van der Waals surface area contributed by atoms with E-state index in [2.05, 4.69) is 12.0 Å². The molecule has 6 heteroatoms. The van der Waals surface area contributed by atoms with E-state index in [0.717, 1.165) is 36.1 Å². The Morgan fingerprint density at radius 1 is 1.14 bits per heavy atom. The number of hydrogen-bond donors (Lipinski definition) is 0. The van der Waals surface area contributed by atoms with Crippen molar-refractivity contribution in [1.29, 1.82) is 0 Å². The minimum Gasteiger partial charge on any atom is -0.494 e. The summed E-state index contributed by atoms with van der Waals surface area (Å²) < 4.78 is 11.0. The average Bonchev–Trinajstić information content (AvgIpc) is 3.27. The van der Waals surface area contributed by atoms with Gasteiger partial charge in [0.15, 0.2) is 0 Å². The quantitative estimate of drug-likeness (QED) is 0.645. The summed E-state index contributed by atoms with van der Waals surface area (Å²) in [5, 5.41) is 5.89. The second-order valence-corrected chi connectivity index (χ2v) is 7.19. The van der Waals surface area contributed by atoms with E-state index >= 15 is 0 Å². The number of carbonyl (C=O) groups is 2. The van der Waals surface area contributed by atoms with Crippen molar-refractivity contribution >= 4 is 23.3 Å². The number of esters is 1. The first-order chi connectivity index (χ1) is 14.1. The average molecular weight is 392 g/mol. The van der Waals surface area contributed by atoms with Crippen LogP contribution in [-0.2, 0) is 9.53 Å². The lowest BCUT2D eigenvalue weighted by molar-refractivity contribution is -0.116. The van der Waals surface area contributed by atoms with Gasteiger partial charge in [0.1, 0.15) is 11.9 Å². The largest absolute Gasteiger partial charge is 0.494 e. The topological polar surface area (TPSA) is 68.2 Å². The molecular weight excluding hydrogens is 368 g/mol. The Kier molecular flexibility index (Phi) is 5.34. The molecule has 150 valence electrons. The maximum Gasteiger partial charge on any atom is 0.339 e. The molecule has 6 nitrogen and oxygen atoms in total. The summed E-state index contributed by atoms with van der Waals surface area (Å²) in [5.74, 6) is 0.334. The second-order valence-electron chi connectivity index (χ2n) is 7.19. The first-order valence-electron chi connectivity index (χ1n) is 10.1. The van der Waals surface area contributed by atoms with E-state index in [0.29, 0.717) is 23.6 Å². The van der Waals surface area contributed by atoms with Gasteiger partial charge < -0.3 is 9.47 Å². The number of unbranched alkanes of at least 4 members (excludes halogenated alkanes) is 1. The Morgan fingerprint density at radius 3 is 2.66 bits per heavy atom. The van der Waals surface area contributed by atoms with Crippen LogP contribution in [0.3, 0.4) is 0 Å². The monoisotopic (exact) mass is 392 g/mol. The van der Waals surface area contributed by atoms with Gasteiger partial charge in [0.25, 0.3) is 5.91 Å². The van der Waals surface area contributed by atoms with Crippen molar-refractivity contribution < 1.29 is 19.1 Å². The van der Waals surface area contributed by atoms with Gasteiger partial charge in [-0.2, -0.15) is 5.10 Å². The third-order valence-corrected chi connectivity index (χ3v) is 5.19. The molecule has 2 aliphatic heterocycles. The van der Waals surface area contributed by atoms with Gasteiger partial charge >= 0.3 is 5.97 Å². The summed E-state index contributed by atoms with van der Waals surface area (Å²) in [7, 11) is 0. The van der Waals surface area contributed by atoms with Crippen LogP contribution in [0, 0.1) is 0 Å². The van der Waals surface area contributed by atoms with Gasteiger partial charge in [-0.15, -0.1) is 0 Å². The molecule has 0 saturated carbocycles. The van der Waals surface area contributed by atoms with Crippen LogP contribution in [-0.4, -0.2) is 24.2 Å². The summed E-state index contributed by atoms with van der Waals surface area (Å²) in [6, 6.07) is 13.0. The van der Waals surface area contributed by atoms with Crippen LogP contribution >= 0.6 is 0 Å². The first-order valence-corrected chi connectivity index (χ1v) is 10.1. The van der Waals surface area contributed by atoms with E-state index in [-0.39, 0.29) is 24.4 Å². The molecule has 0 fully saturated rings. The van der Waals surface area contributed by atoms with Crippen LogP contribution in [0.2, 0.25) is 0 Å². The highest BCUT2D eigenvalue weighted by Crippen LogP contribution is 2.37. The molecule has 1 amide bonds. The van der Waals surface area contributed by atoms with E-state index in [4.69, 9.17) is 9.47 Å². The standard InChI is InChI=1S/C23H24N2O4/c1-3-5-6-21-18-12-9-16(13-19(18)23(27)29-21)25-22(26)14-20(24-25)15-7-10-17(11-8-15)28-4-2/h7-13,21H,3-6,14H2,1-2H3. The Bertz CT molecular complexity index is 965. The highest BCUT2D eigenvalue weighted by atomic mass is 16.5. The number of hydrazone groups is 1. The summed E-state index contributed by atoms with van der Waals surface area (Å²) in [4.78, 5) is 24.9. The summed E-state index contributed by atoms with van der Waals surface area (Å²) in [6.45, 7) is 4.65. The fourth-order valence-electron chi connectivity index (χ4n) is 3.70. The highest BCUT2D eigenvalue weighted by molar-refractivity contribution is 6.19. The lowest BCUT2D eigenvalue weighted by Gasteiger charge is -2.13. The number of carbonyl (C=O) groups excluding carboxylic acids is 2. The van der Waals surface area contributed by atoms with Crippen molar-refractivity contribution in [2.24, 2.45) is 5.10 Å². The lowest BCUT2D eigenvalue weighted by atomic mass is 10.0. The zero-order chi connectivity index (χ0) is 20.4. The molecule has 2 aliphatic rings. The molecule has 0 aromatic heterocycles. The van der Waals surface area contributed by atoms with E-state index in [1.807, 2.05) is 43.3 Å². The zero-order valence-corrected chi connectivity index (χ0v) is 16.7. The number of anilines is 1. The van der Waals surface area contributed by atoms with Gasteiger partial charge in [-0.3, -0.25) is 4.79 Å². The Hall–Kier alpha value is -3.15. The SMILES string of the molecule is CCCCC1OC(=O)c2cc(N3N=C(c4ccc(OCC)cc4)CC3=O)ccc21. The van der Waals surface area contributed by atoms with E-state index in [1.54, 1.807) is 6.07 Å². The number of amides is 1. The number of cyclic esters (lactones) is 1. The van der Waals surface area contributed by atoms with Crippen LogP contribution < -0.4 is 9.75 Å². The molecule has 1 atom stereocenters. The van der Waals surface area contributed by atoms with E-state index < -0.39 is 0 Å². The number of fused-ring (bicyclic) bond motifs is 1. The van der Waals surface area contributed by atoms with Crippen LogP contribution in [0.1, 0.15) is 67.1 Å². The molecule has 0 radical (unpaired) electrons. The van der Waals surface area contributed by atoms with Crippen LogP contribution in [0.25, 0.3) is 0 Å². The number of hydrogen-bond acceptors (Lipinski definition) is 5. The van der Waals surface area contributed by atoms with Crippen molar-refractivity contribution in [3.05, 3.63) is 59.2 Å². The fourth-order valence-corrected chi connectivity index (χ4v) is 3.70. The minimum atomic E-state index is -0.328. The number of benzene rings is 2. The molecule has 29 heavy (non-hydrogen) atoms. The molecule has 0 N–H and O–H groups in total. The molecule has 1 unspecified atom stereocenters. The van der Waals surface area contributed by atoms with Gasteiger partial charge in [-0.1, -0.05) is 19.4 Å².